The fourth-order valence-corrected chi connectivity index (χ4v) is 6.40. The Morgan fingerprint density at radius 2 is 1.73 bits per heavy atom. The van der Waals surface area contributed by atoms with Crippen molar-refractivity contribution in [2.75, 3.05) is 13.2 Å². The summed E-state index contributed by atoms with van der Waals surface area (Å²) in [5.41, 5.74) is -0.861. The molecule has 6 atom stereocenters. The summed E-state index contributed by atoms with van der Waals surface area (Å²) in [6, 6.07) is 0. The molecule has 26 heavy (non-hydrogen) atoms. The van der Waals surface area contributed by atoms with Gasteiger partial charge in [0.2, 0.25) is 0 Å². The third-order valence-corrected chi connectivity index (χ3v) is 7.08. The van der Waals surface area contributed by atoms with Gasteiger partial charge in [0.1, 0.15) is 0 Å². The van der Waals surface area contributed by atoms with Gasteiger partial charge in [0.05, 0.1) is 25.0 Å². The first-order valence-electron chi connectivity index (χ1n) is 9.29. The van der Waals surface area contributed by atoms with Gasteiger partial charge in [-0.2, -0.15) is 0 Å². The van der Waals surface area contributed by atoms with E-state index in [2.05, 4.69) is 13.2 Å². The van der Waals surface area contributed by atoms with Crippen molar-refractivity contribution in [2.45, 2.75) is 38.4 Å². The van der Waals surface area contributed by atoms with Crippen LogP contribution in [0.15, 0.2) is 25.3 Å². The van der Waals surface area contributed by atoms with Gasteiger partial charge in [-0.3, -0.25) is 9.59 Å². The molecule has 3 fully saturated rings. The van der Waals surface area contributed by atoms with E-state index in [1.807, 2.05) is 0 Å². The molecule has 6 nitrogen and oxygen atoms in total. The van der Waals surface area contributed by atoms with E-state index >= 15 is 0 Å². The molecule has 0 aromatic heterocycles. The summed E-state index contributed by atoms with van der Waals surface area (Å²) in [5.74, 6) is -5.03. The van der Waals surface area contributed by atoms with Crippen molar-refractivity contribution in [2.24, 2.45) is 35.0 Å². The van der Waals surface area contributed by atoms with E-state index in [1.165, 1.54) is 0 Å². The number of fused-ring (bicyclic) bond motifs is 5. The average molecular weight is 364 g/mol. The Hall–Kier alpha value is -1.66. The van der Waals surface area contributed by atoms with Crippen LogP contribution in [-0.2, 0) is 19.1 Å². The molecular formula is C20H28O6. The van der Waals surface area contributed by atoms with Crippen LogP contribution >= 0.6 is 0 Å². The summed E-state index contributed by atoms with van der Waals surface area (Å²) in [6.45, 7) is 9.56. The first-order chi connectivity index (χ1) is 12.3. The highest BCUT2D eigenvalue weighted by Crippen LogP contribution is 2.74. The van der Waals surface area contributed by atoms with Crippen molar-refractivity contribution in [3.8, 4) is 0 Å². The molecule has 3 saturated carbocycles. The van der Waals surface area contributed by atoms with Gasteiger partial charge in [-0.25, -0.2) is 0 Å². The van der Waals surface area contributed by atoms with Crippen molar-refractivity contribution in [3.63, 3.8) is 0 Å². The maximum atomic E-state index is 12.3. The van der Waals surface area contributed by atoms with Crippen LogP contribution in [0.5, 0.6) is 0 Å². The molecule has 2 bridgehead atoms. The molecule has 0 aromatic carbocycles. The van der Waals surface area contributed by atoms with Crippen LogP contribution < -0.4 is 0 Å². The second-order valence-corrected chi connectivity index (χ2v) is 7.93. The fraction of sp³-hybridized carbons (Fsp3) is 0.700. The quantitative estimate of drug-likeness (QED) is 0.483. The van der Waals surface area contributed by atoms with Gasteiger partial charge in [-0.1, -0.05) is 18.6 Å². The number of carboxylic acid groups (broad SMARTS) is 2. The number of ether oxygens (including phenoxy) is 2. The highest BCUT2D eigenvalue weighted by atomic mass is 16.7. The zero-order chi connectivity index (χ0) is 19.1. The molecular weight excluding hydrogens is 336 g/mol. The summed E-state index contributed by atoms with van der Waals surface area (Å²) in [5, 5.41) is 19.9. The van der Waals surface area contributed by atoms with Crippen molar-refractivity contribution < 1.29 is 29.3 Å². The first-order valence-corrected chi connectivity index (χ1v) is 9.29. The number of rotatable bonds is 9. The minimum Gasteiger partial charge on any atom is -0.481 e. The standard InChI is InChI=1S/C20H28O6/c1-4-9-25-19(3,26-10-5-2)20-11-13(12-7-6-8-14(12)20)15(17(21)22)16(20)18(23)24/h4-5,12-16H,1-2,6-11H2,3H3,(H,21,22)(H,23,24). The predicted octanol–water partition coefficient (Wildman–Crippen LogP) is 2.95. The number of carboxylic acids is 2. The van der Waals surface area contributed by atoms with Gasteiger partial charge in [0.25, 0.3) is 0 Å². The van der Waals surface area contributed by atoms with Crippen LogP contribution in [0.4, 0.5) is 0 Å². The number of hydrogen-bond donors (Lipinski definition) is 2. The zero-order valence-electron chi connectivity index (χ0n) is 15.2. The SMILES string of the molecule is C=CCOC(C)(OCC=C)C12CC(C3CCCC31)C(C(=O)O)C2C(=O)O. The topological polar surface area (TPSA) is 93.1 Å². The van der Waals surface area contributed by atoms with Gasteiger partial charge in [-0.15, -0.1) is 13.2 Å². The van der Waals surface area contributed by atoms with Crippen LogP contribution in [0.3, 0.4) is 0 Å². The second-order valence-electron chi connectivity index (χ2n) is 7.93. The van der Waals surface area contributed by atoms with E-state index in [-0.39, 0.29) is 31.0 Å². The largest absolute Gasteiger partial charge is 0.481 e. The van der Waals surface area contributed by atoms with Gasteiger partial charge in [-0.05, 0) is 43.9 Å². The van der Waals surface area contributed by atoms with Crippen molar-refractivity contribution in [1.29, 1.82) is 0 Å². The Bertz CT molecular complexity index is 601. The molecule has 3 aliphatic rings. The molecule has 0 saturated heterocycles. The smallest absolute Gasteiger partial charge is 0.308 e. The molecule has 6 unspecified atom stereocenters. The van der Waals surface area contributed by atoms with E-state index in [9.17, 15) is 19.8 Å². The third kappa shape index (κ3) is 2.46. The van der Waals surface area contributed by atoms with Gasteiger partial charge < -0.3 is 19.7 Å². The van der Waals surface area contributed by atoms with Gasteiger partial charge >= 0.3 is 11.9 Å². The molecule has 0 amide bonds. The van der Waals surface area contributed by atoms with E-state index in [1.54, 1.807) is 19.1 Å². The van der Waals surface area contributed by atoms with Gasteiger partial charge in [0.15, 0.2) is 5.79 Å². The van der Waals surface area contributed by atoms with Crippen LogP contribution in [0.1, 0.15) is 32.6 Å². The van der Waals surface area contributed by atoms with E-state index in [0.29, 0.717) is 6.42 Å². The Morgan fingerprint density at radius 3 is 2.23 bits per heavy atom. The lowest BCUT2D eigenvalue weighted by Crippen LogP contribution is -2.60. The molecule has 3 aliphatic carbocycles. The molecule has 144 valence electrons. The Labute approximate surface area is 153 Å². The number of hydrogen-bond acceptors (Lipinski definition) is 4. The summed E-state index contributed by atoms with van der Waals surface area (Å²) < 4.78 is 12.1. The molecule has 2 N–H and O–H groups in total. The van der Waals surface area contributed by atoms with Crippen molar-refractivity contribution in [1.82, 2.24) is 0 Å². The number of aliphatic carboxylic acids is 2. The Morgan fingerprint density at radius 1 is 1.12 bits per heavy atom. The maximum Gasteiger partial charge on any atom is 0.308 e. The fourth-order valence-electron chi connectivity index (χ4n) is 6.40. The lowest BCUT2D eigenvalue weighted by molar-refractivity contribution is -0.303. The molecule has 0 spiro atoms. The lowest BCUT2D eigenvalue weighted by atomic mass is 9.58. The minimum absolute atomic E-state index is 0.101. The van der Waals surface area contributed by atoms with Gasteiger partial charge in [0, 0.05) is 5.41 Å². The van der Waals surface area contributed by atoms with Crippen molar-refractivity contribution in [3.05, 3.63) is 25.3 Å². The van der Waals surface area contributed by atoms with E-state index < -0.39 is 35.0 Å². The lowest BCUT2D eigenvalue weighted by Gasteiger charge is -2.52. The third-order valence-electron chi connectivity index (χ3n) is 7.08. The maximum absolute atomic E-state index is 12.3. The monoisotopic (exact) mass is 364 g/mol. The molecule has 6 heteroatoms. The summed E-state index contributed by atoms with van der Waals surface area (Å²) >= 11 is 0. The van der Waals surface area contributed by atoms with E-state index in [0.717, 1.165) is 19.3 Å². The molecule has 0 heterocycles. The molecule has 0 aromatic rings. The average Bonchev–Trinajstić information content (AvgIpc) is 3.27. The predicted molar refractivity (Wildman–Crippen MR) is 94.3 cm³/mol. The van der Waals surface area contributed by atoms with Crippen molar-refractivity contribution >= 4 is 11.9 Å². The van der Waals surface area contributed by atoms with Crippen LogP contribution in [-0.4, -0.2) is 41.2 Å². The minimum atomic E-state index is -1.20. The van der Waals surface area contributed by atoms with Crippen LogP contribution in [0.25, 0.3) is 0 Å². The molecule has 3 rings (SSSR count). The van der Waals surface area contributed by atoms with Crippen LogP contribution in [0.2, 0.25) is 0 Å². The first kappa shape index (κ1) is 19.1. The normalized spacial score (nSPS) is 38.1. The summed E-state index contributed by atoms with van der Waals surface area (Å²) in [7, 11) is 0. The summed E-state index contributed by atoms with van der Waals surface area (Å²) in [4.78, 5) is 24.3. The zero-order valence-corrected chi connectivity index (χ0v) is 15.2. The highest BCUT2D eigenvalue weighted by Gasteiger charge is 2.77. The highest BCUT2D eigenvalue weighted by molar-refractivity contribution is 5.83. The molecule has 0 radical (unpaired) electrons. The Kier molecular flexibility index (Phi) is 5.01. The number of carbonyl (C=O) groups is 2. The summed E-state index contributed by atoms with van der Waals surface area (Å²) in [6.07, 6.45) is 6.55. The molecule has 0 aliphatic heterocycles. The van der Waals surface area contributed by atoms with Crippen LogP contribution in [0, 0.1) is 35.0 Å². The Balaban J connectivity index is 2.13. The second kappa shape index (κ2) is 6.82. The van der Waals surface area contributed by atoms with E-state index in [4.69, 9.17) is 9.47 Å².